The number of pyridine rings is 1. The fourth-order valence-electron chi connectivity index (χ4n) is 2.06. The van der Waals surface area contributed by atoms with E-state index in [1.54, 1.807) is 16.9 Å². The standard InChI is InChI=1S/C14H11N3O/c1-17-8-10(7-15-17)13-6-11(9-18)16-14-5-3-2-4-12(13)14/h2-9H,1H3. The van der Waals surface area contributed by atoms with Crippen LogP contribution in [-0.2, 0) is 7.05 Å². The third-order valence-electron chi connectivity index (χ3n) is 2.87. The van der Waals surface area contributed by atoms with E-state index in [0.29, 0.717) is 5.69 Å². The smallest absolute Gasteiger partial charge is 0.168 e. The molecule has 18 heavy (non-hydrogen) atoms. The van der Waals surface area contributed by atoms with Gasteiger partial charge in [0, 0.05) is 24.2 Å². The predicted octanol–water partition coefficient (Wildman–Crippen LogP) is 2.45. The molecule has 0 fully saturated rings. The molecule has 0 spiro atoms. The first-order valence-corrected chi connectivity index (χ1v) is 5.62. The summed E-state index contributed by atoms with van der Waals surface area (Å²) in [7, 11) is 1.87. The normalized spacial score (nSPS) is 10.7. The SMILES string of the molecule is Cn1cc(-c2cc(C=O)nc3ccccc23)cn1. The first-order chi connectivity index (χ1) is 8.78. The molecule has 4 nitrogen and oxygen atoms in total. The van der Waals surface area contributed by atoms with Crippen molar-refractivity contribution < 1.29 is 4.79 Å². The van der Waals surface area contributed by atoms with Crippen LogP contribution in [0.25, 0.3) is 22.0 Å². The number of rotatable bonds is 2. The van der Waals surface area contributed by atoms with E-state index in [-0.39, 0.29) is 0 Å². The lowest BCUT2D eigenvalue weighted by molar-refractivity contribution is 0.111. The summed E-state index contributed by atoms with van der Waals surface area (Å²) in [6.07, 6.45) is 4.49. The van der Waals surface area contributed by atoms with Crippen LogP contribution in [0.1, 0.15) is 10.5 Å². The van der Waals surface area contributed by atoms with Crippen LogP contribution < -0.4 is 0 Å². The molecule has 0 atom stereocenters. The Bertz CT molecular complexity index is 731. The molecule has 3 rings (SSSR count). The zero-order chi connectivity index (χ0) is 12.5. The average molecular weight is 237 g/mol. The molecule has 4 heteroatoms. The van der Waals surface area contributed by atoms with Crippen molar-refractivity contribution in [3.8, 4) is 11.1 Å². The van der Waals surface area contributed by atoms with Crippen molar-refractivity contribution >= 4 is 17.2 Å². The van der Waals surface area contributed by atoms with E-state index in [1.165, 1.54) is 0 Å². The van der Waals surface area contributed by atoms with Gasteiger partial charge in [0.05, 0.1) is 11.7 Å². The fourth-order valence-corrected chi connectivity index (χ4v) is 2.06. The summed E-state index contributed by atoms with van der Waals surface area (Å²) in [5.74, 6) is 0. The van der Waals surface area contributed by atoms with Crippen LogP contribution in [0.3, 0.4) is 0 Å². The van der Waals surface area contributed by atoms with Crippen LogP contribution in [0.4, 0.5) is 0 Å². The summed E-state index contributed by atoms with van der Waals surface area (Å²) in [6.45, 7) is 0. The third kappa shape index (κ3) is 1.68. The van der Waals surface area contributed by atoms with Gasteiger partial charge in [0.25, 0.3) is 0 Å². The van der Waals surface area contributed by atoms with E-state index in [4.69, 9.17) is 0 Å². The second kappa shape index (κ2) is 4.07. The van der Waals surface area contributed by atoms with Gasteiger partial charge in [-0.3, -0.25) is 9.48 Å². The minimum atomic E-state index is 0.438. The highest BCUT2D eigenvalue weighted by atomic mass is 16.1. The van der Waals surface area contributed by atoms with Crippen molar-refractivity contribution in [2.45, 2.75) is 0 Å². The van der Waals surface area contributed by atoms with Crippen molar-refractivity contribution in [3.05, 3.63) is 48.4 Å². The van der Waals surface area contributed by atoms with E-state index in [2.05, 4.69) is 10.1 Å². The van der Waals surface area contributed by atoms with E-state index >= 15 is 0 Å². The number of para-hydroxylation sites is 1. The molecule has 2 heterocycles. The van der Waals surface area contributed by atoms with Crippen LogP contribution in [0, 0.1) is 0 Å². The number of hydrogen-bond donors (Lipinski definition) is 0. The van der Waals surface area contributed by atoms with Crippen molar-refractivity contribution in [1.82, 2.24) is 14.8 Å². The predicted molar refractivity (Wildman–Crippen MR) is 69.3 cm³/mol. The zero-order valence-corrected chi connectivity index (χ0v) is 9.87. The lowest BCUT2D eigenvalue weighted by Gasteiger charge is -2.05. The number of carbonyl (C=O) groups excluding carboxylic acids is 1. The highest BCUT2D eigenvalue weighted by molar-refractivity contribution is 5.96. The Morgan fingerprint density at radius 1 is 1.28 bits per heavy atom. The molecule has 0 aliphatic carbocycles. The minimum absolute atomic E-state index is 0.438. The van der Waals surface area contributed by atoms with Gasteiger partial charge in [0.1, 0.15) is 5.69 Å². The molecule has 0 amide bonds. The van der Waals surface area contributed by atoms with Crippen molar-refractivity contribution in [2.24, 2.45) is 7.05 Å². The molecule has 2 aromatic heterocycles. The quantitative estimate of drug-likeness (QED) is 0.643. The monoisotopic (exact) mass is 237 g/mol. The lowest BCUT2D eigenvalue weighted by atomic mass is 10.0. The van der Waals surface area contributed by atoms with E-state index in [9.17, 15) is 4.79 Å². The van der Waals surface area contributed by atoms with Gasteiger partial charge in [0.2, 0.25) is 0 Å². The second-order valence-corrected chi connectivity index (χ2v) is 4.13. The topological polar surface area (TPSA) is 47.8 Å². The van der Waals surface area contributed by atoms with Crippen LogP contribution >= 0.6 is 0 Å². The second-order valence-electron chi connectivity index (χ2n) is 4.13. The largest absolute Gasteiger partial charge is 0.296 e. The highest BCUT2D eigenvalue weighted by Gasteiger charge is 2.08. The van der Waals surface area contributed by atoms with Gasteiger partial charge < -0.3 is 0 Å². The average Bonchev–Trinajstić information content (AvgIpc) is 2.84. The number of aryl methyl sites for hydroxylation is 1. The van der Waals surface area contributed by atoms with E-state index < -0.39 is 0 Å². The molecular weight excluding hydrogens is 226 g/mol. The molecular formula is C14H11N3O. The molecule has 0 bridgehead atoms. The van der Waals surface area contributed by atoms with Crippen LogP contribution in [0.5, 0.6) is 0 Å². The van der Waals surface area contributed by atoms with Gasteiger partial charge in [-0.2, -0.15) is 5.10 Å². The maximum absolute atomic E-state index is 11.0. The Balaban J connectivity index is 2.35. The summed E-state index contributed by atoms with van der Waals surface area (Å²) >= 11 is 0. The number of fused-ring (bicyclic) bond motifs is 1. The molecule has 0 aliphatic heterocycles. The molecule has 0 N–H and O–H groups in total. The number of aldehydes is 1. The number of carbonyl (C=O) groups is 1. The minimum Gasteiger partial charge on any atom is -0.296 e. The molecule has 0 unspecified atom stereocenters. The molecule has 0 saturated heterocycles. The Hall–Kier alpha value is -2.49. The van der Waals surface area contributed by atoms with E-state index in [1.807, 2.05) is 37.5 Å². The number of hydrogen-bond acceptors (Lipinski definition) is 3. The van der Waals surface area contributed by atoms with Crippen LogP contribution in [-0.4, -0.2) is 21.1 Å². The van der Waals surface area contributed by atoms with Crippen molar-refractivity contribution in [3.63, 3.8) is 0 Å². The Morgan fingerprint density at radius 3 is 2.83 bits per heavy atom. The van der Waals surface area contributed by atoms with Gasteiger partial charge >= 0.3 is 0 Å². The summed E-state index contributed by atoms with van der Waals surface area (Å²) in [4.78, 5) is 15.2. The Morgan fingerprint density at radius 2 is 2.11 bits per heavy atom. The lowest BCUT2D eigenvalue weighted by Crippen LogP contribution is -1.91. The summed E-state index contributed by atoms with van der Waals surface area (Å²) in [5.41, 5.74) is 3.23. The summed E-state index contributed by atoms with van der Waals surface area (Å²) in [6, 6.07) is 9.58. The molecule has 1 aromatic carbocycles. The first-order valence-electron chi connectivity index (χ1n) is 5.62. The van der Waals surface area contributed by atoms with Gasteiger partial charge in [-0.1, -0.05) is 18.2 Å². The number of aromatic nitrogens is 3. The first kappa shape index (κ1) is 10.7. The van der Waals surface area contributed by atoms with Gasteiger partial charge in [-0.05, 0) is 17.7 Å². The van der Waals surface area contributed by atoms with E-state index in [0.717, 1.165) is 28.3 Å². The maximum Gasteiger partial charge on any atom is 0.168 e. The van der Waals surface area contributed by atoms with Crippen molar-refractivity contribution in [1.29, 1.82) is 0 Å². The fraction of sp³-hybridized carbons (Fsp3) is 0.0714. The van der Waals surface area contributed by atoms with Crippen LogP contribution in [0.15, 0.2) is 42.7 Å². The molecule has 0 saturated carbocycles. The van der Waals surface area contributed by atoms with Crippen molar-refractivity contribution in [2.75, 3.05) is 0 Å². The highest BCUT2D eigenvalue weighted by Crippen LogP contribution is 2.27. The molecule has 0 radical (unpaired) electrons. The molecule has 3 aromatic rings. The third-order valence-corrected chi connectivity index (χ3v) is 2.87. The zero-order valence-electron chi connectivity index (χ0n) is 9.87. The molecule has 88 valence electrons. The van der Waals surface area contributed by atoms with Crippen LogP contribution in [0.2, 0.25) is 0 Å². The van der Waals surface area contributed by atoms with Gasteiger partial charge in [0.15, 0.2) is 6.29 Å². The van der Waals surface area contributed by atoms with Gasteiger partial charge in [-0.25, -0.2) is 4.98 Å². The number of nitrogens with zero attached hydrogens (tertiary/aromatic N) is 3. The number of benzene rings is 1. The van der Waals surface area contributed by atoms with Gasteiger partial charge in [-0.15, -0.1) is 0 Å². The molecule has 0 aliphatic rings. The summed E-state index contributed by atoms with van der Waals surface area (Å²) < 4.78 is 1.74. The maximum atomic E-state index is 11.0. The Kier molecular flexibility index (Phi) is 2.41. The Labute approximate surface area is 104 Å². The summed E-state index contributed by atoms with van der Waals surface area (Å²) in [5, 5.41) is 5.19.